The van der Waals surface area contributed by atoms with Gasteiger partial charge >= 0.3 is 0 Å². The van der Waals surface area contributed by atoms with Gasteiger partial charge in [-0.05, 0) is 41.0 Å². The zero-order chi connectivity index (χ0) is 15.9. The van der Waals surface area contributed by atoms with Crippen molar-refractivity contribution in [2.75, 3.05) is 0 Å². The van der Waals surface area contributed by atoms with Gasteiger partial charge < -0.3 is 0 Å². The third-order valence-corrected chi connectivity index (χ3v) is 5.74. The second-order valence-corrected chi connectivity index (χ2v) is 7.54. The van der Waals surface area contributed by atoms with Crippen LogP contribution in [0.3, 0.4) is 0 Å². The Hall–Kier alpha value is -1.30. The van der Waals surface area contributed by atoms with Crippen LogP contribution in [0.15, 0.2) is 42.5 Å². The summed E-state index contributed by atoms with van der Waals surface area (Å²) < 4.78 is 0. The maximum absolute atomic E-state index is 2.47. The molecule has 0 heterocycles. The van der Waals surface area contributed by atoms with Crippen molar-refractivity contribution < 1.29 is 0 Å². The number of unbranched alkanes of at least 4 members (excludes halogenated alkanes) is 2. The highest BCUT2D eigenvalue weighted by atomic mass is 14.3. The monoisotopic (exact) mass is 308 g/mol. The van der Waals surface area contributed by atoms with Gasteiger partial charge in [-0.3, -0.25) is 0 Å². The SMILES string of the molecule is CCCCC[C@@H](CC1CCCCC1)c1ccc2ccccc2c1. The summed E-state index contributed by atoms with van der Waals surface area (Å²) in [5.74, 6) is 1.75. The lowest BCUT2D eigenvalue weighted by atomic mass is 9.78. The van der Waals surface area contributed by atoms with Crippen molar-refractivity contribution in [3.63, 3.8) is 0 Å². The van der Waals surface area contributed by atoms with Crippen LogP contribution in [0, 0.1) is 5.92 Å². The molecule has 2 aromatic carbocycles. The minimum atomic E-state index is 0.772. The Morgan fingerprint density at radius 2 is 1.70 bits per heavy atom. The molecule has 0 aromatic heterocycles. The Morgan fingerprint density at radius 3 is 2.48 bits per heavy atom. The van der Waals surface area contributed by atoms with E-state index in [0.29, 0.717) is 0 Å². The molecule has 0 spiro atoms. The van der Waals surface area contributed by atoms with Crippen molar-refractivity contribution in [1.29, 1.82) is 0 Å². The van der Waals surface area contributed by atoms with E-state index in [2.05, 4.69) is 49.4 Å². The van der Waals surface area contributed by atoms with Gasteiger partial charge in [-0.2, -0.15) is 0 Å². The van der Waals surface area contributed by atoms with Crippen LogP contribution in [-0.4, -0.2) is 0 Å². The van der Waals surface area contributed by atoms with Crippen LogP contribution in [0.2, 0.25) is 0 Å². The molecule has 0 N–H and O–H groups in total. The van der Waals surface area contributed by atoms with Gasteiger partial charge in [0.2, 0.25) is 0 Å². The molecule has 2 aromatic rings. The molecule has 0 saturated heterocycles. The van der Waals surface area contributed by atoms with Crippen molar-refractivity contribution in [3.05, 3.63) is 48.0 Å². The van der Waals surface area contributed by atoms with E-state index in [9.17, 15) is 0 Å². The third kappa shape index (κ3) is 4.59. The zero-order valence-electron chi connectivity index (χ0n) is 14.8. The summed E-state index contributed by atoms with van der Waals surface area (Å²) in [7, 11) is 0. The molecule has 0 amide bonds. The maximum atomic E-state index is 2.47. The van der Waals surface area contributed by atoms with Gasteiger partial charge in [-0.15, -0.1) is 0 Å². The molecule has 0 aliphatic heterocycles. The van der Waals surface area contributed by atoms with Crippen LogP contribution < -0.4 is 0 Å². The molecular weight excluding hydrogens is 276 g/mol. The van der Waals surface area contributed by atoms with Gasteiger partial charge in [0, 0.05) is 0 Å². The van der Waals surface area contributed by atoms with Crippen LogP contribution in [0.1, 0.15) is 82.6 Å². The molecule has 23 heavy (non-hydrogen) atoms. The Bertz CT molecular complexity index is 592. The average molecular weight is 309 g/mol. The maximum Gasteiger partial charge on any atom is -0.0159 e. The van der Waals surface area contributed by atoms with E-state index in [0.717, 1.165) is 11.8 Å². The molecule has 0 unspecified atom stereocenters. The van der Waals surface area contributed by atoms with Crippen molar-refractivity contribution in [1.82, 2.24) is 0 Å². The highest BCUT2D eigenvalue weighted by Gasteiger charge is 2.20. The highest BCUT2D eigenvalue weighted by molar-refractivity contribution is 5.83. The van der Waals surface area contributed by atoms with E-state index in [-0.39, 0.29) is 0 Å². The quantitative estimate of drug-likeness (QED) is 0.465. The van der Waals surface area contributed by atoms with Crippen molar-refractivity contribution in [3.8, 4) is 0 Å². The van der Waals surface area contributed by atoms with Gasteiger partial charge in [-0.1, -0.05) is 101 Å². The fourth-order valence-electron chi connectivity index (χ4n) is 4.35. The molecule has 0 bridgehead atoms. The Kier molecular flexibility index (Phi) is 6.13. The lowest BCUT2D eigenvalue weighted by Gasteiger charge is -2.27. The number of rotatable bonds is 7. The van der Waals surface area contributed by atoms with Crippen LogP contribution >= 0.6 is 0 Å². The second kappa shape index (κ2) is 8.52. The molecular formula is C23H32. The summed E-state index contributed by atoms with van der Waals surface area (Å²) in [6.45, 7) is 2.31. The van der Waals surface area contributed by atoms with Crippen molar-refractivity contribution in [2.45, 2.75) is 77.0 Å². The minimum Gasteiger partial charge on any atom is -0.0654 e. The number of hydrogen-bond donors (Lipinski definition) is 0. The molecule has 3 rings (SSSR count). The first-order valence-electron chi connectivity index (χ1n) is 9.85. The normalized spacial score (nSPS) is 17.4. The largest absolute Gasteiger partial charge is 0.0654 e. The van der Waals surface area contributed by atoms with Crippen LogP contribution in [-0.2, 0) is 0 Å². The molecule has 1 fully saturated rings. The van der Waals surface area contributed by atoms with E-state index in [1.807, 2.05) is 0 Å². The Morgan fingerprint density at radius 1 is 0.913 bits per heavy atom. The summed E-state index contributed by atoms with van der Waals surface area (Å²) in [5, 5.41) is 2.79. The second-order valence-electron chi connectivity index (χ2n) is 7.54. The average Bonchev–Trinajstić information content (AvgIpc) is 2.61. The van der Waals surface area contributed by atoms with Crippen LogP contribution in [0.4, 0.5) is 0 Å². The fraction of sp³-hybridized carbons (Fsp3) is 0.565. The molecule has 1 aliphatic rings. The highest BCUT2D eigenvalue weighted by Crippen LogP contribution is 2.36. The summed E-state index contributed by atoms with van der Waals surface area (Å²) in [4.78, 5) is 0. The standard InChI is InChI=1S/C23H32/c1-2-3-5-13-21(17-19-10-6-4-7-11-19)23-16-15-20-12-8-9-14-22(20)18-23/h8-9,12,14-16,18-19,21H,2-7,10-11,13,17H2,1H3/t21-/m0/s1. The van der Waals surface area contributed by atoms with E-state index in [1.54, 1.807) is 5.56 Å². The Labute approximate surface area is 142 Å². The fourth-order valence-corrected chi connectivity index (χ4v) is 4.35. The van der Waals surface area contributed by atoms with Gasteiger partial charge in [0.25, 0.3) is 0 Å². The predicted octanol–water partition coefficient (Wildman–Crippen LogP) is 7.47. The topological polar surface area (TPSA) is 0 Å². The molecule has 1 aliphatic carbocycles. The molecule has 0 radical (unpaired) electrons. The predicted molar refractivity (Wildman–Crippen MR) is 102 cm³/mol. The van der Waals surface area contributed by atoms with Gasteiger partial charge in [-0.25, -0.2) is 0 Å². The van der Waals surface area contributed by atoms with Gasteiger partial charge in [0.05, 0.1) is 0 Å². The Balaban J connectivity index is 1.76. The van der Waals surface area contributed by atoms with Crippen molar-refractivity contribution >= 4 is 10.8 Å². The molecule has 1 saturated carbocycles. The molecule has 0 nitrogen and oxygen atoms in total. The van der Waals surface area contributed by atoms with Crippen LogP contribution in [0.5, 0.6) is 0 Å². The number of fused-ring (bicyclic) bond motifs is 1. The molecule has 1 atom stereocenters. The minimum absolute atomic E-state index is 0.772. The van der Waals surface area contributed by atoms with E-state index in [4.69, 9.17) is 0 Å². The molecule has 124 valence electrons. The first kappa shape index (κ1) is 16.6. The summed E-state index contributed by atoms with van der Waals surface area (Å²) >= 11 is 0. The summed E-state index contributed by atoms with van der Waals surface area (Å²) in [6.07, 6.45) is 14.2. The van der Waals surface area contributed by atoms with Crippen LogP contribution in [0.25, 0.3) is 10.8 Å². The zero-order valence-corrected chi connectivity index (χ0v) is 14.8. The first-order valence-corrected chi connectivity index (χ1v) is 9.85. The summed E-state index contributed by atoms with van der Waals surface area (Å²) in [6, 6.07) is 16.0. The third-order valence-electron chi connectivity index (χ3n) is 5.74. The van der Waals surface area contributed by atoms with Crippen molar-refractivity contribution in [2.24, 2.45) is 5.92 Å². The molecule has 0 heteroatoms. The smallest absolute Gasteiger partial charge is 0.0159 e. The lowest BCUT2D eigenvalue weighted by Crippen LogP contribution is -2.11. The summed E-state index contributed by atoms with van der Waals surface area (Å²) in [5.41, 5.74) is 1.59. The van der Waals surface area contributed by atoms with Gasteiger partial charge in [0.15, 0.2) is 0 Å². The van der Waals surface area contributed by atoms with Gasteiger partial charge in [0.1, 0.15) is 0 Å². The number of hydrogen-bond acceptors (Lipinski definition) is 0. The van der Waals surface area contributed by atoms with E-state index < -0.39 is 0 Å². The van der Waals surface area contributed by atoms with E-state index >= 15 is 0 Å². The lowest BCUT2D eigenvalue weighted by molar-refractivity contribution is 0.310. The van der Waals surface area contributed by atoms with E-state index in [1.165, 1.54) is 75.0 Å². The number of benzene rings is 2. The first-order chi connectivity index (χ1) is 11.4.